The molecule has 0 unspecified atom stereocenters. The van der Waals surface area contributed by atoms with Crippen LogP contribution < -0.4 is 5.73 Å². The number of carboxylic acids is 1. The number of aryl methyl sites for hydroxylation is 1. The summed E-state index contributed by atoms with van der Waals surface area (Å²) in [5.41, 5.74) is 7.94. The molecule has 0 bridgehead atoms. The highest BCUT2D eigenvalue weighted by atomic mass is 32.1. The average Bonchev–Trinajstić information content (AvgIpc) is 2.92. The van der Waals surface area contributed by atoms with E-state index in [9.17, 15) is 4.79 Å². The van der Waals surface area contributed by atoms with Crippen molar-refractivity contribution in [1.29, 1.82) is 0 Å². The van der Waals surface area contributed by atoms with E-state index in [-0.39, 0.29) is 6.42 Å². The first-order valence-corrected chi connectivity index (χ1v) is 7.60. The minimum atomic E-state index is -0.711. The van der Waals surface area contributed by atoms with Crippen molar-refractivity contribution in [2.75, 3.05) is 0 Å². The summed E-state index contributed by atoms with van der Waals surface area (Å²) in [6, 6.07) is 12.6. The predicted molar refractivity (Wildman–Crippen MR) is 82.8 cm³/mol. The Morgan fingerprint density at radius 1 is 1.10 bits per heavy atom. The number of rotatable bonds is 7. The highest BCUT2D eigenvalue weighted by molar-refractivity contribution is 7.15. The summed E-state index contributed by atoms with van der Waals surface area (Å²) >= 11 is 1.78. The monoisotopic (exact) mass is 289 g/mol. The molecule has 4 heteroatoms. The summed E-state index contributed by atoms with van der Waals surface area (Å²) in [4.78, 5) is 13.0. The fraction of sp³-hybridized carbons (Fsp3) is 0.312. The van der Waals surface area contributed by atoms with Crippen LogP contribution in [0.2, 0.25) is 0 Å². The third-order valence-electron chi connectivity index (χ3n) is 3.20. The largest absolute Gasteiger partial charge is 0.481 e. The predicted octanol–water partition coefficient (Wildman–Crippen LogP) is 3.67. The molecule has 0 radical (unpaired) electrons. The molecule has 0 saturated heterocycles. The number of unbranched alkanes of at least 4 members (excludes halogenated alkanes) is 1. The number of thiophene rings is 1. The van der Waals surface area contributed by atoms with Gasteiger partial charge in [0, 0.05) is 22.7 Å². The average molecular weight is 289 g/mol. The van der Waals surface area contributed by atoms with Crippen molar-refractivity contribution < 1.29 is 9.90 Å². The highest BCUT2D eigenvalue weighted by Gasteiger charge is 2.04. The van der Waals surface area contributed by atoms with E-state index in [1.807, 2.05) is 0 Å². The zero-order valence-electron chi connectivity index (χ0n) is 11.3. The van der Waals surface area contributed by atoms with Gasteiger partial charge in [0.05, 0.1) is 0 Å². The normalized spacial score (nSPS) is 10.7. The van der Waals surface area contributed by atoms with Gasteiger partial charge in [-0.2, -0.15) is 0 Å². The third-order valence-corrected chi connectivity index (χ3v) is 4.39. The number of hydrogen-bond acceptors (Lipinski definition) is 3. The number of nitrogens with two attached hydrogens (primary N) is 1. The second-order valence-electron chi connectivity index (χ2n) is 4.77. The lowest BCUT2D eigenvalue weighted by Gasteiger charge is -2.00. The fourth-order valence-electron chi connectivity index (χ4n) is 2.05. The van der Waals surface area contributed by atoms with Crippen LogP contribution in [0.5, 0.6) is 0 Å². The number of carboxylic acid groups (broad SMARTS) is 1. The SMILES string of the molecule is NCc1ccc(-c2ccc(CCCCC(=O)O)s2)cc1. The van der Waals surface area contributed by atoms with Crippen LogP contribution in [0.15, 0.2) is 36.4 Å². The molecule has 3 nitrogen and oxygen atoms in total. The summed E-state index contributed by atoms with van der Waals surface area (Å²) in [6.07, 6.45) is 2.89. The van der Waals surface area contributed by atoms with Crippen molar-refractivity contribution in [2.45, 2.75) is 32.2 Å². The number of carbonyl (C=O) groups is 1. The standard InChI is InChI=1S/C16H19NO2S/c17-11-12-5-7-13(8-6-12)15-10-9-14(20-15)3-1-2-4-16(18)19/h5-10H,1-4,11,17H2,(H,18,19). The van der Waals surface area contributed by atoms with Crippen molar-refractivity contribution in [1.82, 2.24) is 0 Å². The van der Waals surface area contributed by atoms with Crippen molar-refractivity contribution >= 4 is 17.3 Å². The first-order chi connectivity index (χ1) is 9.69. The Bertz CT molecular complexity index is 560. The molecular formula is C16H19NO2S. The van der Waals surface area contributed by atoms with Crippen LogP contribution in [-0.2, 0) is 17.8 Å². The molecule has 0 fully saturated rings. The molecule has 0 atom stereocenters. The van der Waals surface area contributed by atoms with Crippen molar-refractivity contribution in [3.8, 4) is 10.4 Å². The van der Waals surface area contributed by atoms with Crippen LogP contribution in [-0.4, -0.2) is 11.1 Å². The van der Waals surface area contributed by atoms with E-state index < -0.39 is 5.97 Å². The Labute approximate surface area is 123 Å². The summed E-state index contributed by atoms with van der Waals surface area (Å²) in [7, 11) is 0. The summed E-state index contributed by atoms with van der Waals surface area (Å²) in [5.74, 6) is -0.711. The Kier molecular flexibility index (Phi) is 5.32. The number of benzene rings is 1. The molecule has 1 aromatic carbocycles. The molecule has 0 aliphatic rings. The van der Waals surface area contributed by atoms with Crippen LogP contribution >= 0.6 is 11.3 Å². The van der Waals surface area contributed by atoms with Crippen molar-refractivity contribution in [3.63, 3.8) is 0 Å². The zero-order valence-corrected chi connectivity index (χ0v) is 12.2. The van der Waals surface area contributed by atoms with Gasteiger partial charge in [0.2, 0.25) is 0 Å². The van der Waals surface area contributed by atoms with Gasteiger partial charge in [0.1, 0.15) is 0 Å². The van der Waals surface area contributed by atoms with Crippen molar-refractivity contribution in [2.24, 2.45) is 5.73 Å². The second-order valence-corrected chi connectivity index (χ2v) is 5.94. The molecule has 2 rings (SSSR count). The molecule has 1 aromatic heterocycles. The van der Waals surface area contributed by atoms with Gasteiger partial charge < -0.3 is 10.8 Å². The minimum Gasteiger partial charge on any atom is -0.481 e. The molecule has 0 aliphatic carbocycles. The van der Waals surface area contributed by atoms with Gasteiger partial charge in [-0.25, -0.2) is 0 Å². The van der Waals surface area contributed by atoms with Crippen LogP contribution in [0, 0.1) is 0 Å². The summed E-state index contributed by atoms with van der Waals surface area (Å²) < 4.78 is 0. The lowest BCUT2D eigenvalue weighted by Crippen LogP contribution is -1.94. The van der Waals surface area contributed by atoms with Gasteiger partial charge in [-0.15, -0.1) is 11.3 Å². The van der Waals surface area contributed by atoms with E-state index in [0.717, 1.165) is 24.8 Å². The maximum Gasteiger partial charge on any atom is 0.303 e. The molecule has 0 spiro atoms. The molecular weight excluding hydrogens is 270 g/mol. The Balaban J connectivity index is 1.92. The molecule has 0 aliphatic heterocycles. The Morgan fingerprint density at radius 2 is 1.85 bits per heavy atom. The van der Waals surface area contributed by atoms with Crippen LogP contribution in [0.3, 0.4) is 0 Å². The molecule has 20 heavy (non-hydrogen) atoms. The van der Waals surface area contributed by atoms with Gasteiger partial charge >= 0.3 is 5.97 Å². The maximum atomic E-state index is 10.4. The molecule has 0 saturated carbocycles. The van der Waals surface area contributed by atoms with E-state index in [4.69, 9.17) is 10.8 Å². The second kappa shape index (κ2) is 7.22. The molecule has 2 aromatic rings. The van der Waals surface area contributed by atoms with Gasteiger partial charge in [-0.3, -0.25) is 4.79 Å². The third kappa shape index (κ3) is 4.18. The number of hydrogen-bond donors (Lipinski definition) is 2. The Hall–Kier alpha value is -1.65. The lowest BCUT2D eigenvalue weighted by molar-refractivity contribution is -0.137. The van der Waals surface area contributed by atoms with E-state index in [1.165, 1.54) is 15.3 Å². The topological polar surface area (TPSA) is 63.3 Å². The summed E-state index contributed by atoms with van der Waals surface area (Å²) in [6.45, 7) is 0.569. The van der Waals surface area contributed by atoms with E-state index >= 15 is 0 Å². The van der Waals surface area contributed by atoms with Gasteiger partial charge in [0.15, 0.2) is 0 Å². The first kappa shape index (κ1) is 14.8. The van der Waals surface area contributed by atoms with E-state index in [1.54, 1.807) is 11.3 Å². The zero-order chi connectivity index (χ0) is 14.4. The lowest BCUT2D eigenvalue weighted by atomic mass is 10.1. The van der Waals surface area contributed by atoms with Crippen LogP contribution in [0.4, 0.5) is 0 Å². The minimum absolute atomic E-state index is 0.263. The molecule has 0 amide bonds. The van der Waals surface area contributed by atoms with Crippen LogP contribution in [0.1, 0.15) is 29.7 Å². The highest BCUT2D eigenvalue weighted by Crippen LogP contribution is 2.29. The summed E-state index contributed by atoms with van der Waals surface area (Å²) in [5, 5.41) is 8.60. The number of aliphatic carboxylic acids is 1. The first-order valence-electron chi connectivity index (χ1n) is 6.79. The van der Waals surface area contributed by atoms with Gasteiger partial charge in [-0.05, 0) is 42.5 Å². The Morgan fingerprint density at radius 3 is 2.50 bits per heavy atom. The van der Waals surface area contributed by atoms with E-state index in [0.29, 0.717) is 6.54 Å². The van der Waals surface area contributed by atoms with Gasteiger partial charge in [0.25, 0.3) is 0 Å². The van der Waals surface area contributed by atoms with E-state index in [2.05, 4.69) is 36.4 Å². The van der Waals surface area contributed by atoms with Crippen molar-refractivity contribution in [3.05, 3.63) is 46.8 Å². The van der Waals surface area contributed by atoms with Crippen LogP contribution in [0.25, 0.3) is 10.4 Å². The maximum absolute atomic E-state index is 10.4. The molecule has 106 valence electrons. The molecule has 1 heterocycles. The smallest absolute Gasteiger partial charge is 0.303 e. The quantitative estimate of drug-likeness (QED) is 0.764. The van der Waals surface area contributed by atoms with Gasteiger partial charge in [-0.1, -0.05) is 24.3 Å². The molecule has 3 N–H and O–H groups in total. The fourth-order valence-corrected chi connectivity index (χ4v) is 3.10.